The minimum atomic E-state index is -0.351. The molecule has 3 aliphatic heterocycles. The lowest BCUT2D eigenvalue weighted by Gasteiger charge is -2.33. The molecule has 0 spiro atoms. The highest BCUT2D eigenvalue weighted by molar-refractivity contribution is 5.94. The van der Waals surface area contributed by atoms with Crippen molar-refractivity contribution < 1.29 is 4.79 Å². The van der Waals surface area contributed by atoms with Crippen LogP contribution < -0.4 is 11.1 Å². The summed E-state index contributed by atoms with van der Waals surface area (Å²) in [6.45, 7) is 5.81. The number of carbonyl (C=O) groups excluding carboxylic acids is 1. The zero-order valence-electron chi connectivity index (χ0n) is 13.3. The molecule has 0 aromatic carbocycles. The van der Waals surface area contributed by atoms with Gasteiger partial charge in [-0.3, -0.25) is 4.79 Å². The van der Waals surface area contributed by atoms with E-state index in [0.717, 1.165) is 0 Å². The Bertz CT molecular complexity index is 515. The Morgan fingerprint density at radius 2 is 2.18 bits per heavy atom. The Hall–Kier alpha value is -1.75. The van der Waals surface area contributed by atoms with Crippen LogP contribution in [0, 0.1) is 5.92 Å². The van der Waals surface area contributed by atoms with Crippen LogP contribution >= 0.6 is 0 Å². The van der Waals surface area contributed by atoms with E-state index in [1.54, 1.807) is 6.08 Å². The van der Waals surface area contributed by atoms with Crippen molar-refractivity contribution in [1.29, 1.82) is 0 Å². The predicted octanol–water partition coefficient (Wildman–Crippen LogP) is 1.51. The normalized spacial score (nSPS) is 25.5. The van der Waals surface area contributed by atoms with Crippen LogP contribution in [0.15, 0.2) is 35.8 Å². The monoisotopic (exact) mass is 302 g/mol. The van der Waals surface area contributed by atoms with Crippen molar-refractivity contribution in [1.82, 2.24) is 15.1 Å². The van der Waals surface area contributed by atoms with Gasteiger partial charge in [-0.05, 0) is 51.0 Å². The summed E-state index contributed by atoms with van der Waals surface area (Å²) in [4.78, 5) is 16.2. The number of hydrogen-bond donors (Lipinski definition) is 2. The first-order chi connectivity index (χ1) is 10.7. The minimum Gasteiger partial charge on any atom is -0.366 e. The van der Waals surface area contributed by atoms with Gasteiger partial charge in [0.2, 0.25) is 5.91 Å². The summed E-state index contributed by atoms with van der Waals surface area (Å²) in [6, 6.07) is 0. The first kappa shape index (κ1) is 15.2. The van der Waals surface area contributed by atoms with Crippen molar-refractivity contribution in [2.24, 2.45) is 11.7 Å². The van der Waals surface area contributed by atoms with Crippen molar-refractivity contribution >= 4 is 5.91 Å². The maximum absolute atomic E-state index is 11.5. The summed E-state index contributed by atoms with van der Waals surface area (Å²) in [5.41, 5.74) is 7.36. The molecular weight excluding hydrogens is 276 g/mol. The lowest BCUT2D eigenvalue weighted by atomic mass is 9.93. The second-order valence-corrected chi connectivity index (χ2v) is 6.38. The van der Waals surface area contributed by atoms with Gasteiger partial charge in [0, 0.05) is 24.0 Å². The fourth-order valence-electron chi connectivity index (χ4n) is 3.50. The van der Waals surface area contributed by atoms with Crippen LogP contribution in [0.4, 0.5) is 0 Å². The third-order valence-corrected chi connectivity index (χ3v) is 4.86. The molecule has 0 radical (unpaired) electrons. The predicted molar refractivity (Wildman–Crippen MR) is 87.3 cm³/mol. The van der Waals surface area contributed by atoms with Crippen LogP contribution in [-0.4, -0.2) is 41.5 Å². The lowest BCUT2D eigenvalue weighted by Crippen LogP contribution is -2.42. The summed E-state index contributed by atoms with van der Waals surface area (Å²) >= 11 is 0. The van der Waals surface area contributed by atoms with E-state index in [1.165, 1.54) is 51.0 Å². The molecule has 120 valence electrons. The van der Waals surface area contributed by atoms with Crippen molar-refractivity contribution in [2.45, 2.75) is 38.8 Å². The van der Waals surface area contributed by atoms with Crippen molar-refractivity contribution in [3.05, 3.63) is 35.8 Å². The second-order valence-electron chi connectivity index (χ2n) is 6.38. The summed E-state index contributed by atoms with van der Waals surface area (Å²) in [5.74, 6) is 0.210. The van der Waals surface area contributed by atoms with Crippen LogP contribution in [0.1, 0.15) is 32.6 Å². The quantitative estimate of drug-likeness (QED) is 0.808. The van der Waals surface area contributed by atoms with Crippen molar-refractivity contribution in [3.8, 4) is 0 Å². The molecule has 0 saturated carbocycles. The molecule has 0 aliphatic carbocycles. The Labute approximate surface area is 132 Å². The highest BCUT2D eigenvalue weighted by Gasteiger charge is 2.33. The van der Waals surface area contributed by atoms with E-state index in [4.69, 9.17) is 5.73 Å². The Balaban J connectivity index is 1.58. The first-order valence-electron chi connectivity index (χ1n) is 8.35. The molecule has 3 N–H and O–H groups in total. The van der Waals surface area contributed by atoms with E-state index in [2.05, 4.69) is 28.2 Å². The molecule has 3 rings (SSSR count). The molecule has 0 aromatic heterocycles. The number of hydrogen-bond acceptors (Lipinski definition) is 4. The van der Waals surface area contributed by atoms with Gasteiger partial charge in [-0.15, -0.1) is 0 Å². The number of allylic oxidation sites excluding steroid dienone is 3. The van der Waals surface area contributed by atoms with E-state index in [0.29, 0.717) is 11.5 Å². The smallest absolute Gasteiger partial charge is 0.248 e. The van der Waals surface area contributed by atoms with Crippen LogP contribution in [0.25, 0.3) is 0 Å². The number of piperidine rings is 1. The van der Waals surface area contributed by atoms with Gasteiger partial charge in [-0.1, -0.05) is 13.3 Å². The number of rotatable bonds is 5. The molecule has 5 heteroatoms. The van der Waals surface area contributed by atoms with Crippen LogP contribution in [0.3, 0.4) is 0 Å². The van der Waals surface area contributed by atoms with Gasteiger partial charge in [-0.25, -0.2) is 0 Å². The maximum Gasteiger partial charge on any atom is 0.248 e. The molecule has 1 saturated heterocycles. The van der Waals surface area contributed by atoms with Crippen LogP contribution in [-0.2, 0) is 4.79 Å². The largest absolute Gasteiger partial charge is 0.366 e. The lowest BCUT2D eigenvalue weighted by molar-refractivity contribution is -0.115. The Morgan fingerprint density at radius 3 is 2.86 bits per heavy atom. The van der Waals surface area contributed by atoms with Gasteiger partial charge in [-0.2, -0.15) is 0 Å². The number of nitrogens with zero attached hydrogens (tertiary/aromatic N) is 2. The number of amides is 1. The molecule has 5 nitrogen and oxygen atoms in total. The number of likely N-dealkylation sites (tertiary alicyclic amines) is 1. The highest BCUT2D eigenvalue weighted by Crippen LogP contribution is 2.30. The Kier molecular flexibility index (Phi) is 4.52. The molecule has 1 unspecified atom stereocenters. The summed E-state index contributed by atoms with van der Waals surface area (Å²) in [5, 5.41) is 3.50. The average Bonchev–Trinajstić information content (AvgIpc) is 2.97. The Morgan fingerprint density at radius 1 is 1.41 bits per heavy atom. The number of unbranched alkanes of at least 4 members (excludes halogenated alkanes) is 1. The molecule has 0 bridgehead atoms. The molecular formula is C17H26N4O. The van der Waals surface area contributed by atoms with E-state index < -0.39 is 0 Å². The molecule has 1 atom stereocenters. The highest BCUT2D eigenvalue weighted by atomic mass is 16.1. The van der Waals surface area contributed by atoms with E-state index in [-0.39, 0.29) is 12.1 Å². The van der Waals surface area contributed by atoms with Gasteiger partial charge in [0.05, 0.1) is 5.57 Å². The minimum absolute atomic E-state index is 0.115. The van der Waals surface area contributed by atoms with E-state index in [1.807, 2.05) is 12.3 Å². The summed E-state index contributed by atoms with van der Waals surface area (Å²) < 4.78 is 0. The number of nitrogens with two attached hydrogens (primary N) is 1. The summed E-state index contributed by atoms with van der Waals surface area (Å²) in [6.07, 6.45) is 12.6. The van der Waals surface area contributed by atoms with E-state index in [9.17, 15) is 4.79 Å². The molecule has 3 heterocycles. The zero-order valence-corrected chi connectivity index (χ0v) is 13.3. The van der Waals surface area contributed by atoms with Gasteiger partial charge < -0.3 is 20.9 Å². The van der Waals surface area contributed by atoms with Crippen molar-refractivity contribution in [3.63, 3.8) is 0 Å². The van der Waals surface area contributed by atoms with Gasteiger partial charge >= 0.3 is 0 Å². The third-order valence-electron chi connectivity index (χ3n) is 4.86. The molecule has 3 aliphatic rings. The number of carbonyl (C=O) groups is 1. The third kappa shape index (κ3) is 3.04. The molecule has 22 heavy (non-hydrogen) atoms. The van der Waals surface area contributed by atoms with Gasteiger partial charge in [0.15, 0.2) is 0 Å². The van der Waals surface area contributed by atoms with Crippen LogP contribution in [0.5, 0.6) is 0 Å². The zero-order chi connectivity index (χ0) is 15.5. The van der Waals surface area contributed by atoms with Gasteiger partial charge in [0.25, 0.3) is 0 Å². The number of nitrogens with one attached hydrogen (secondary N) is 1. The maximum atomic E-state index is 11.5. The standard InChI is InChI=1S/C17H26N4O/c1-2-3-8-20-10-6-13(7-11-20)15-12-21-9-4-5-14(16(18)22)17(21)19-15/h4-5,9,12-13,17,19H,2-3,6-8,10-11H2,1H3,(H2,18,22). The van der Waals surface area contributed by atoms with Crippen molar-refractivity contribution in [2.75, 3.05) is 19.6 Å². The fourth-order valence-corrected chi connectivity index (χ4v) is 3.50. The second kappa shape index (κ2) is 6.57. The SMILES string of the molecule is CCCCN1CCC(C2=CN3C=CC=C(C(N)=O)C3N2)CC1. The molecule has 0 aromatic rings. The fraction of sp³-hybridized carbons (Fsp3) is 0.588. The topological polar surface area (TPSA) is 61.6 Å². The van der Waals surface area contributed by atoms with E-state index >= 15 is 0 Å². The number of primary amides is 1. The summed E-state index contributed by atoms with van der Waals surface area (Å²) in [7, 11) is 0. The number of fused-ring (bicyclic) bond motifs is 1. The molecule has 1 fully saturated rings. The molecule has 1 amide bonds. The first-order valence-corrected chi connectivity index (χ1v) is 8.35. The van der Waals surface area contributed by atoms with Gasteiger partial charge in [0.1, 0.15) is 6.17 Å². The van der Waals surface area contributed by atoms with Crippen LogP contribution in [0.2, 0.25) is 0 Å². The average molecular weight is 302 g/mol.